The van der Waals surface area contributed by atoms with E-state index in [0.717, 1.165) is 49.2 Å². The summed E-state index contributed by atoms with van der Waals surface area (Å²) in [6.45, 7) is 3.72. The molecule has 1 fully saturated rings. The number of H-pyrrole nitrogens is 1. The molecule has 0 amide bonds. The number of hydrogen-bond acceptors (Lipinski definition) is 6. The zero-order chi connectivity index (χ0) is 14.7. The van der Waals surface area contributed by atoms with Crippen LogP contribution in [0.5, 0.6) is 11.5 Å². The highest BCUT2D eigenvalue weighted by Gasteiger charge is 2.17. The molecule has 1 aliphatic rings. The SMILES string of the molecule is COc1ccc(OC)c(-c2nc(N3CCNCC3)n[nH]2)c1. The van der Waals surface area contributed by atoms with Crippen LogP contribution >= 0.6 is 0 Å². The number of benzene rings is 1. The second kappa shape index (κ2) is 6.01. The van der Waals surface area contributed by atoms with Crippen molar-refractivity contribution in [1.82, 2.24) is 20.5 Å². The zero-order valence-electron chi connectivity index (χ0n) is 12.2. The Morgan fingerprint density at radius 3 is 2.67 bits per heavy atom. The number of aromatic amines is 1. The highest BCUT2D eigenvalue weighted by Crippen LogP contribution is 2.31. The molecule has 21 heavy (non-hydrogen) atoms. The largest absolute Gasteiger partial charge is 0.497 e. The van der Waals surface area contributed by atoms with E-state index in [2.05, 4.69) is 25.4 Å². The van der Waals surface area contributed by atoms with E-state index < -0.39 is 0 Å². The number of anilines is 1. The van der Waals surface area contributed by atoms with Gasteiger partial charge in [-0.15, -0.1) is 5.10 Å². The van der Waals surface area contributed by atoms with Crippen LogP contribution in [0, 0.1) is 0 Å². The van der Waals surface area contributed by atoms with Crippen molar-refractivity contribution >= 4 is 5.95 Å². The lowest BCUT2D eigenvalue weighted by Crippen LogP contribution is -2.44. The summed E-state index contributed by atoms with van der Waals surface area (Å²) in [5, 5.41) is 10.6. The molecular weight excluding hydrogens is 270 g/mol. The van der Waals surface area contributed by atoms with Gasteiger partial charge in [-0.1, -0.05) is 0 Å². The van der Waals surface area contributed by atoms with E-state index in [4.69, 9.17) is 9.47 Å². The van der Waals surface area contributed by atoms with Gasteiger partial charge in [-0.2, -0.15) is 4.98 Å². The minimum absolute atomic E-state index is 0.680. The molecule has 1 aliphatic heterocycles. The minimum Gasteiger partial charge on any atom is -0.497 e. The number of rotatable bonds is 4. The van der Waals surface area contributed by atoms with Crippen LogP contribution in [0.3, 0.4) is 0 Å². The Morgan fingerprint density at radius 2 is 1.95 bits per heavy atom. The Balaban J connectivity index is 1.91. The van der Waals surface area contributed by atoms with Crippen LogP contribution in [-0.2, 0) is 0 Å². The van der Waals surface area contributed by atoms with Crippen molar-refractivity contribution in [2.24, 2.45) is 0 Å². The fourth-order valence-corrected chi connectivity index (χ4v) is 2.38. The van der Waals surface area contributed by atoms with Crippen molar-refractivity contribution in [3.63, 3.8) is 0 Å². The molecule has 2 N–H and O–H groups in total. The van der Waals surface area contributed by atoms with Crippen molar-refractivity contribution < 1.29 is 9.47 Å². The summed E-state index contributed by atoms with van der Waals surface area (Å²) in [5.41, 5.74) is 0.839. The van der Waals surface area contributed by atoms with Gasteiger partial charge < -0.3 is 19.7 Å². The lowest BCUT2D eigenvalue weighted by atomic mass is 10.2. The van der Waals surface area contributed by atoms with Gasteiger partial charge in [0.25, 0.3) is 0 Å². The van der Waals surface area contributed by atoms with E-state index in [9.17, 15) is 0 Å². The standard InChI is InChI=1S/C14H19N5O2/c1-20-10-3-4-12(21-2)11(9-10)13-16-14(18-17-13)19-7-5-15-6-8-19/h3-4,9,15H,5-8H2,1-2H3,(H,16,17,18). The van der Waals surface area contributed by atoms with Crippen molar-refractivity contribution in [3.05, 3.63) is 18.2 Å². The molecule has 0 unspecified atom stereocenters. The van der Waals surface area contributed by atoms with Crippen molar-refractivity contribution in [2.75, 3.05) is 45.3 Å². The molecule has 2 aromatic rings. The molecule has 3 rings (SSSR count). The number of hydrogen-bond donors (Lipinski definition) is 2. The van der Waals surface area contributed by atoms with Gasteiger partial charge in [0.05, 0.1) is 19.8 Å². The summed E-state index contributed by atoms with van der Waals surface area (Å²) in [6.07, 6.45) is 0. The van der Waals surface area contributed by atoms with Gasteiger partial charge in [0.2, 0.25) is 5.95 Å². The van der Waals surface area contributed by atoms with Crippen LogP contribution in [0.25, 0.3) is 11.4 Å². The molecule has 0 bridgehead atoms. The molecule has 1 aromatic heterocycles. The molecule has 0 saturated carbocycles. The smallest absolute Gasteiger partial charge is 0.245 e. The van der Waals surface area contributed by atoms with Gasteiger partial charge >= 0.3 is 0 Å². The molecule has 0 radical (unpaired) electrons. The molecule has 7 heteroatoms. The van der Waals surface area contributed by atoms with E-state index >= 15 is 0 Å². The summed E-state index contributed by atoms with van der Waals surface area (Å²) >= 11 is 0. The van der Waals surface area contributed by atoms with Gasteiger partial charge in [0, 0.05) is 26.2 Å². The molecule has 0 aliphatic carbocycles. The number of aromatic nitrogens is 3. The molecule has 2 heterocycles. The Morgan fingerprint density at radius 1 is 1.14 bits per heavy atom. The third kappa shape index (κ3) is 2.78. The Labute approximate surface area is 123 Å². The van der Waals surface area contributed by atoms with E-state index in [0.29, 0.717) is 5.82 Å². The second-order valence-corrected chi connectivity index (χ2v) is 4.79. The highest BCUT2D eigenvalue weighted by molar-refractivity contribution is 5.67. The number of methoxy groups -OCH3 is 2. The first-order valence-corrected chi connectivity index (χ1v) is 6.92. The van der Waals surface area contributed by atoms with Crippen molar-refractivity contribution in [2.45, 2.75) is 0 Å². The summed E-state index contributed by atoms with van der Waals surface area (Å²) in [7, 11) is 3.27. The Hall–Kier alpha value is -2.28. The number of nitrogens with zero attached hydrogens (tertiary/aromatic N) is 3. The van der Waals surface area contributed by atoms with E-state index in [1.807, 2.05) is 18.2 Å². The summed E-state index contributed by atoms with van der Waals surface area (Å²) in [5.74, 6) is 2.89. The average Bonchev–Trinajstić information content (AvgIpc) is 3.05. The van der Waals surface area contributed by atoms with Crippen LogP contribution < -0.4 is 19.7 Å². The van der Waals surface area contributed by atoms with Gasteiger partial charge in [-0.25, -0.2) is 0 Å². The molecule has 1 saturated heterocycles. The molecule has 0 spiro atoms. The van der Waals surface area contributed by atoms with Crippen molar-refractivity contribution in [1.29, 1.82) is 0 Å². The first-order valence-electron chi connectivity index (χ1n) is 6.92. The van der Waals surface area contributed by atoms with E-state index in [1.54, 1.807) is 14.2 Å². The number of ether oxygens (including phenoxy) is 2. The number of piperazine rings is 1. The van der Waals surface area contributed by atoms with Crippen LogP contribution in [0.1, 0.15) is 0 Å². The quantitative estimate of drug-likeness (QED) is 0.871. The zero-order valence-corrected chi connectivity index (χ0v) is 12.2. The van der Waals surface area contributed by atoms with Crippen LogP contribution in [0.4, 0.5) is 5.95 Å². The Kier molecular flexibility index (Phi) is 3.92. The van der Waals surface area contributed by atoms with Gasteiger partial charge in [0.1, 0.15) is 11.5 Å². The summed E-state index contributed by atoms with van der Waals surface area (Å²) < 4.78 is 10.6. The maximum absolute atomic E-state index is 5.39. The summed E-state index contributed by atoms with van der Waals surface area (Å²) in [6, 6.07) is 5.61. The Bertz CT molecular complexity index is 607. The fraction of sp³-hybridized carbons (Fsp3) is 0.429. The minimum atomic E-state index is 0.680. The maximum atomic E-state index is 5.39. The topological polar surface area (TPSA) is 75.3 Å². The van der Waals surface area contributed by atoms with Crippen molar-refractivity contribution in [3.8, 4) is 22.9 Å². The number of nitrogens with one attached hydrogen (secondary N) is 2. The van der Waals surface area contributed by atoms with Crippen LogP contribution in [-0.4, -0.2) is 55.6 Å². The lowest BCUT2D eigenvalue weighted by Gasteiger charge is -2.25. The first-order chi connectivity index (χ1) is 10.3. The van der Waals surface area contributed by atoms with Gasteiger partial charge in [-0.05, 0) is 18.2 Å². The van der Waals surface area contributed by atoms with Gasteiger partial charge in [0.15, 0.2) is 5.82 Å². The van der Waals surface area contributed by atoms with E-state index in [1.165, 1.54) is 0 Å². The normalized spacial score (nSPS) is 15.0. The predicted molar refractivity (Wildman–Crippen MR) is 80.0 cm³/mol. The molecule has 112 valence electrons. The van der Waals surface area contributed by atoms with E-state index in [-0.39, 0.29) is 0 Å². The molecule has 0 atom stereocenters. The average molecular weight is 289 g/mol. The fourth-order valence-electron chi connectivity index (χ4n) is 2.38. The first kappa shape index (κ1) is 13.7. The second-order valence-electron chi connectivity index (χ2n) is 4.79. The summed E-state index contributed by atoms with van der Waals surface area (Å²) in [4.78, 5) is 6.74. The third-order valence-corrected chi connectivity index (χ3v) is 3.54. The monoisotopic (exact) mass is 289 g/mol. The molecular formula is C14H19N5O2. The maximum Gasteiger partial charge on any atom is 0.245 e. The highest BCUT2D eigenvalue weighted by atomic mass is 16.5. The third-order valence-electron chi connectivity index (χ3n) is 3.54. The lowest BCUT2D eigenvalue weighted by molar-refractivity contribution is 0.404. The van der Waals surface area contributed by atoms with Crippen LogP contribution in [0.2, 0.25) is 0 Å². The van der Waals surface area contributed by atoms with Gasteiger partial charge in [-0.3, -0.25) is 5.10 Å². The predicted octanol–water partition coefficient (Wildman–Crippen LogP) is 0.898. The molecule has 7 nitrogen and oxygen atoms in total. The van der Waals surface area contributed by atoms with Crippen LogP contribution in [0.15, 0.2) is 18.2 Å². The molecule has 1 aromatic carbocycles.